The largest absolute Gasteiger partial charge is 0.480 e. The van der Waals surface area contributed by atoms with E-state index in [1.54, 1.807) is 12.1 Å². The van der Waals surface area contributed by atoms with Crippen LogP contribution in [0, 0.1) is 0 Å². The molecular weight excluding hydrogens is 246 g/mol. The number of anilines is 1. The molecule has 0 aliphatic heterocycles. The fraction of sp³-hybridized carbons (Fsp3) is 0.0714. The summed E-state index contributed by atoms with van der Waals surface area (Å²) in [6.45, 7) is 0. The summed E-state index contributed by atoms with van der Waals surface area (Å²) in [5.74, 6) is -0.844. The van der Waals surface area contributed by atoms with Crippen molar-refractivity contribution in [3.8, 4) is 0 Å². The molecule has 3 nitrogen and oxygen atoms in total. The summed E-state index contributed by atoms with van der Waals surface area (Å²) in [5.41, 5.74) is 7.06. The van der Waals surface area contributed by atoms with Gasteiger partial charge in [-0.2, -0.15) is 0 Å². The molecule has 92 valence electrons. The Labute approximate surface area is 110 Å². The monoisotopic (exact) mass is 259 g/mol. The van der Waals surface area contributed by atoms with Gasteiger partial charge in [-0.05, 0) is 29.8 Å². The van der Waals surface area contributed by atoms with Crippen LogP contribution in [0.3, 0.4) is 0 Å². The van der Waals surface area contributed by atoms with E-state index < -0.39 is 11.2 Å². The van der Waals surface area contributed by atoms with Crippen LogP contribution >= 0.6 is 11.8 Å². The second-order valence-corrected chi connectivity index (χ2v) is 4.99. The van der Waals surface area contributed by atoms with Crippen LogP contribution in [0.15, 0.2) is 59.5 Å². The minimum Gasteiger partial charge on any atom is -0.480 e. The van der Waals surface area contributed by atoms with E-state index >= 15 is 0 Å². The SMILES string of the molecule is Nc1ccc(SC(C(=O)O)c2ccccc2)cc1. The van der Waals surface area contributed by atoms with Crippen LogP contribution in [0.4, 0.5) is 5.69 Å². The van der Waals surface area contributed by atoms with Crippen LogP contribution in [0.5, 0.6) is 0 Å². The average Bonchev–Trinajstić information content (AvgIpc) is 2.38. The molecule has 18 heavy (non-hydrogen) atoms. The number of rotatable bonds is 4. The fourth-order valence-electron chi connectivity index (χ4n) is 1.57. The number of hydrogen-bond acceptors (Lipinski definition) is 3. The first-order valence-corrected chi connectivity index (χ1v) is 6.35. The fourth-order valence-corrected chi connectivity index (χ4v) is 2.53. The minimum absolute atomic E-state index is 0.602. The lowest BCUT2D eigenvalue weighted by atomic mass is 10.1. The number of carboxylic acid groups (broad SMARTS) is 1. The summed E-state index contributed by atoms with van der Waals surface area (Å²) in [6.07, 6.45) is 0. The zero-order valence-corrected chi connectivity index (χ0v) is 10.4. The van der Waals surface area contributed by atoms with E-state index in [2.05, 4.69) is 0 Å². The van der Waals surface area contributed by atoms with Crippen molar-refractivity contribution in [2.24, 2.45) is 0 Å². The Morgan fingerprint density at radius 1 is 1.06 bits per heavy atom. The number of carbonyl (C=O) groups is 1. The maximum Gasteiger partial charge on any atom is 0.321 e. The first-order chi connectivity index (χ1) is 8.66. The number of carboxylic acids is 1. The van der Waals surface area contributed by atoms with E-state index in [1.165, 1.54) is 11.8 Å². The normalized spacial score (nSPS) is 12.0. The van der Waals surface area contributed by atoms with Crippen molar-refractivity contribution in [1.29, 1.82) is 0 Å². The molecule has 0 saturated carbocycles. The van der Waals surface area contributed by atoms with Crippen molar-refractivity contribution in [2.45, 2.75) is 10.1 Å². The number of nitrogens with two attached hydrogens (primary N) is 1. The summed E-state index contributed by atoms with van der Waals surface area (Å²) in [6, 6.07) is 16.4. The molecule has 2 aromatic rings. The molecule has 2 aromatic carbocycles. The van der Waals surface area contributed by atoms with Crippen molar-refractivity contribution >= 4 is 23.4 Å². The summed E-state index contributed by atoms with van der Waals surface area (Å²) in [4.78, 5) is 12.2. The van der Waals surface area contributed by atoms with Gasteiger partial charge in [0.15, 0.2) is 0 Å². The van der Waals surface area contributed by atoms with E-state index in [0.717, 1.165) is 10.5 Å². The van der Waals surface area contributed by atoms with E-state index in [0.29, 0.717) is 5.69 Å². The molecule has 0 aromatic heterocycles. The third-order valence-corrected chi connectivity index (χ3v) is 3.71. The molecule has 0 radical (unpaired) electrons. The second-order valence-electron chi connectivity index (χ2n) is 3.82. The van der Waals surface area contributed by atoms with E-state index in [-0.39, 0.29) is 0 Å². The number of thioether (sulfide) groups is 1. The van der Waals surface area contributed by atoms with Gasteiger partial charge in [0, 0.05) is 10.6 Å². The Balaban J connectivity index is 2.22. The van der Waals surface area contributed by atoms with E-state index in [4.69, 9.17) is 5.73 Å². The molecule has 2 rings (SSSR count). The predicted molar refractivity (Wildman–Crippen MR) is 73.5 cm³/mol. The van der Waals surface area contributed by atoms with Crippen molar-refractivity contribution in [2.75, 3.05) is 5.73 Å². The highest BCUT2D eigenvalue weighted by molar-refractivity contribution is 8.00. The predicted octanol–water partition coefficient (Wildman–Crippen LogP) is 3.19. The Bertz CT molecular complexity index is 525. The third kappa shape index (κ3) is 3.05. The lowest BCUT2D eigenvalue weighted by Gasteiger charge is -2.12. The van der Waals surface area contributed by atoms with E-state index in [1.807, 2.05) is 42.5 Å². The Hall–Kier alpha value is -1.94. The highest BCUT2D eigenvalue weighted by atomic mass is 32.2. The lowest BCUT2D eigenvalue weighted by Crippen LogP contribution is -2.07. The summed E-state index contributed by atoms with van der Waals surface area (Å²) in [7, 11) is 0. The molecule has 0 bridgehead atoms. The van der Waals surface area contributed by atoms with Crippen molar-refractivity contribution in [3.63, 3.8) is 0 Å². The van der Waals surface area contributed by atoms with Crippen LogP contribution in [-0.2, 0) is 4.79 Å². The van der Waals surface area contributed by atoms with Crippen molar-refractivity contribution in [1.82, 2.24) is 0 Å². The molecule has 0 aliphatic carbocycles. The molecule has 1 unspecified atom stereocenters. The van der Waals surface area contributed by atoms with Gasteiger partial charge in [0.1, 0.15) is 5.25 Å². The van der Waals surface area contributed by atoms with Crippen molar-refractivity contribution < 1.29 is 9.90 Å². The molecule has 0 heterocycles. The average molecular weight is 259 g/mol. The zero-order chi connectivity index (χ0) is 13.0. The van der Waals surface area contributed by atoms with Crippen LogP contribution in [0.2, 0.25) is 0 Å². The summed E-state index contributed by atoms with van der Waals surface area (Å²) >= 11 is 1.30. The van der Waals surface area contributed by atoms with Gasteiger partial charge in [0.2, 0.25) is 0 Å². The van der Waals surface area contributed by atoms with Gasteiger partial charge in [-0.15, -0.1) is 11.8 Å². The molecule has 0 amide bonds. The van der Waals surface area contributed by atoms with Gasteiger partial charge in [-0.3, -0.25) is 4.79 Å². The molecule has 0 spiro atoms. The maximum absolute atomic E-state index is 11.3. The molecular formula is C14H13NO2S. The minimum atomic E-state index is -0.844. The van der Waals surface area contributed by atoms with Crippen LogP contribution < -0.4 is 5.73 Å². The number of benzene rings is 2. The van der Waals surface area contributed by atoms with Gasteiger partial charge >= 0.3 is 5.97 Å². The Morgan fingerprint density at radius 2 is 1.67 bits per heavy atom. The molecule has 0 aliphatic rings. The third-order valence-electron chi connectivity index (χ3n) is 2.46. The first-order valence-electron chi connectivity index (χ1n) is 5.47. The van der Waals surface area contributed by atoms with Gasteiger partial charge in [-0.25, -0.2) is 0 Å². The topological polar surface area (TPSA) is 63.3 Å². The standard InChI is InChI=1S/C14H13NO2S/c15-11-6-8-12(9-7-11)18-13(14(16)17)10-4-2-1-3-5-10/h1-9,13H,15H2,(H,16,17). The highest BCUT2D eigenvalue weighted by Gasteiger charge is 2.20. The molecule has 0 saturated heterocycles. The Kier molecular flexibility index (Phi) is 3.89. The zero-order valence-electron chi connectivity index (χ0n) is 9.61. The number of nitrogen functional groups attached to an aromatic ring is 1. The second kappa shape index (κ2) is 5.60. The quantitative estimate of drug-likeness (QED) is 0.654. The van der Waals surface area contributed by atoms with E-state index in [9.17, 15) is 9.90 Å². The summed E-state index contributed by atoms with van der Waals surface area (Å²) < 4.78 is 0. The smallest absolute Gasteiger partial charge is 0.321 e. The maximum atomic E-state index is 11.3. The molecule has 0 fully saturated rings. The van der Waals surface area contributed by atoms with Gasteiger partial charge in [-0.1, -0.05) is 30.3 Å². The molecule has 3 N–H and O–H groups in total. The molecule has 1 atom stereocenters. The number of hydrogen-bond donors (Lipinski definition) is 2. The van der Waals surface area contributed by atoms with Crippen LogP contribution in [0.1, 0.15) is 10.8 Å². The summed E-state index contributed by atoms with van der Waals surface area (Å²) in [5, 5.41) is 8.70. The van der Waals surface area contributed by atoms with Gasteiger partial charge in [0.25, 0.3) is 0 Å². The van der Waals surface area contributed by atoms with Crippen LogP contribution in [0.25, 0.3) is 0 Å². The van der Waals surface area contributed by atoms with Crippen LogP contribution in [-0.4, -0.2) is 11.1 Å². The van der Waals surface area contributed by atoms with Gasteiger partial charge in [0.05, 0.1) is 0 Å². The molecule has 4 heteroatoms. The Morgan fingerprint density at radius 3 is 2.22 bits per heavy atom. The highest BCUT2D eigenvalue weighted by Crippen LogP contribution is 2.35. The van der Waals surface area contributed by atoms with Crippen molar-refractivity contribution in [3.05, 3.63) is 60.2 Å². The first kappa shape index (κ1) is 12.5. The number of aliphatic carboxylic acids is 1. The lowest BCUT2D eigenvalue weighted by molar-refractivity contribution is -0.136. The van der Waals surface area contributed by atoms with Gasteiger partial charge < -0.3 is 10.8 Å².